The molecule has 0 spiro atoms. The molecule has 40 valence electrons. The molecule has 0 fully saturated rings. The molecule has 2 atom stereocenters. The van der Waals surface area contributed by atoms with Crippen LogP contribution in [0.4, 0.5) is 0 Å². The van der Waals surface area contributed by atoms with Gasteiger partial charge in [0, 0.05) is 0 Å². The van der Waals surface area contributed by atoms with Gasteiger partial charge in [0.05, 0.1) is 0 Å². The molecule has 0 aliphatic rings. The number of rotatable bonds is 0. The topological polar surface area (TPSA) is 37.3 Å². The van der Waals surface area contributed by atoms with Gasteiger partial charge in [-0.3, -0.25) is 4.57 Å². The summed E-state index contributed by atoms with van der Waals surface area (Å²) in [6.07, 6.45) is 1.17. The smallest absolute Gasteiger partial charge is 0.177 e. The Hall–Kier alpha value is 0.620. The maximum atomic E-state index is 8.57. The first kappa shape index (κ1) is 9.80. The molecule has 4 heteroatoms. The molecular weight excluding hydrogens is 118 g/mol. The van der Waals surface area contributed by atoms with Gasteiger partial charge in [-0.1, -0.05) is 6.92 Å². The predicted octanol–water partition coefficient (Wildman–Crippen LogP) is 0.531. The van der Waals surface area contributed by atoms with Gasteiger partial charge in [0.2, 0.25) is 0 Å². The molecule has 6 heavy (non-hydrogen) atoms. The Morgan fingerprint density at radius 2 is 2.00 bits per heavy atom. The Kier molecular flexibility index (Phi) is 28.5. The Labute approximate surface area is 41.4 Å². The van der Waals surface area contributed by atoms with E-state index in [1.165, 1.54) is 6.16 Å². The molecule has 0 aliphatic heterocycles. The van der Waals surface area contributed by atoms with Crippen LogP contribution in [-0.4, -0.2) is 11.1 Å². The number of hydrogen-bond donors (Lipinski definition) is 1. The zero-order valence-corrected chi connectivity index (χ0v) is 6.03. The van der Waals surface area contributed by atoms with Crippen LogP contribution >= 0.6 is 17.9 Å². The van der Waals surface area contributed by atoms with Gasteiger partial charge >= 0.3 is 0 Å². The van der Waals surface area contributed by atoms with Crippen LogP contribution in [0.2, 0.25) is 0 Å². The fourth-order valence-electron chi connectivity index (χ4n) is 0. The summed E-state index contributed by atoms with van der Waals surface area (Å²) in [5, 5.41) is 0. The van der Waals surface area contributed by atoms with Crippen LogP contribution in [0.5, 0.6) is 0 Å². The van der Waals surface area contributed by atoms with Crippen molar-refractivity contribution in [2.24, 2.45) is 0 Å². The SMILES string of the molecule is CCP.O=[PH2]O. The monoisotopic (exact) mass is 128 g/mol. The summed E-state index contributed by atoms with van der Waals surface area (Å²) < 4.78 is 8.57. The van der Waals surface area contributed by atoms with E-state index in [0.29, 0.717) is 0 Å². The van der Waals surface area contributed by atoms with Gasteiger partial charge in [0.1, 0.15) is 0 Å². The number of hydrogen-bond acceptors (Lipinski definition) is 1. The van der Waals surface area contributed by atoms with E-state index in [0.717, 1.165) is 0 Å². The maximum Gasteiger partial charge on any atom is 0.177 e. The van der Waals surface area contributed by atoms with Crippen LogP contribution in [0.3, 0.4) is 0 Å². The van der Waals surface area contributed by atoms with E-state index in [4.69, 9.17) is 9.46 Å². The minimum atomic E-state index is -1.50. The van der Waals surface area contributed by atoms with Crippen LogP contribution < -0.4 is 0 Å². The Morgan fingerprint density at radius 1 is 2.00 bits per heavy atom. The first-order valence-electron chi connectivity index (χ1n) is 1.61. The molecule has 2 nitrogen and oxygen atoms in total. The van der Waals surface area contributed by atoms with E-state index in [2.05, 4.69) is 16.2 Å². The minimum absolute atomic E-state index is 1.17. The molecule has 0 amide bonds. The summed E-state index contributed by atoms with van der Waals surface area (Å²) >= 11 is 0. The molecule has 1 N–H and O–H groups in total. The second-order valence-corrected chi connectivity index (χ2v) is 1.54. The highest BCUT2D eigenvalue weighted by Gasteiger charge is 1.35. The first-order chi connectivity index (χ1) is 2.83. The third-order valence-corrected chi connectivity index (χ3v) is 0. The van der Waals surface area contributed by atoms with Crippen molar-refractivity contribution >= 4 is 17.9 Å². The van der Waals surface area contributed by atoms with Crippen molar-refractivity contribution in [3.63, 3.8) is 0 Å². The highest BCUT2D eigenvalue weighted by atomic mass is 31.1. The zero-order chi connectivity index (χ0) is 5.41. The second kappa shape index (κ2) is 17.5. The molecule has 0 saturated heterocycles. The van der Waals surface area contributed by atoms with E-state index in [1.54, 1.807) is 0 Å². The molecule has 0 bridgehead atoms. The first-order valence-corrected chi connectivity index (χ1v) is 3.41. The van der Waals surface area contributed by atoms with E-state index in [1.807, 2.05) is 0 Å². The molecule has 0 heterocycles. The summed E-state index contributed by atoms with van der Waals surface area (Å²) in [5.41, 5.74) is 0. The Bertz CT molecular complexity index is 23.5. The standard InChI is InChI=1S/C2H7P.H3O2P/c1-2-3;1-3-2/h2-3H2,1H3;3H2,(H,1,2). The summed E-state index contributed by atoms with van der Waals surface area (Å²) in [6, 6.07) is 0. The van der Waals surface area contributed by atoms with Crippen molar-refractivity contribution in [1.29, 1.82) is 0 Å². The van der Waals surface area contributed by atoms with Crippen LogP contribution in [-0.2, 0) is 4.57 Å². The van der Waals surface area contributed by atoms with E-state index in [9.17, 15) is 0 Å². The Balaban J connectivity index is 0. The van der Waals surface area contributed by atoms with Crippen molar-refractivity contribution in [3.05, 3.63) is 0 Å². The third-order valence-electron chi connectivity index (χ3n) is 0. The van der Waals surface area contributed by atoms with Gasteiger partial charge in [-0.2, -0.15) is 0 Å². The van der Waals surface area contributed by atoms with Gasteiger partial charge in [0.25, 0.3) is 0 Å². The van der Waals surface area contributed by atoms with Crippen molar-refractivity contribution < 1.29 is 9.46 Å². The summed E-state index contributed by atoms with van der Waals surface area (Å²) in [7, 11) is 1.08. The normalized spacial score (nSPS) is 7.83. The lowest BCUT2D eigenvalue weighted by Crippen LogP contribution is -1.33. The summed E-state index contributed by atoms with van der Waals surface area (Å²) in [5.74, 6) is 0. The molecular formula is C2H10O2P2. The van der Waals surface area contributed by atoms with Crippen LogP contribution in [0.15, 0.2) is 0 Å². The zero-order valence-electron chi connectivity index (χ0n) is 3.72. The third kappa shape index (κ3) is 157. The molecule has 0 saturated carbocycles. The fraction of sp³-hybridized carbons (Fsp3) is 1.00. The molecule has 0 aromatic heterocycles. The quantitative estimate of drug-likeness (QED) is 0.483. The molecule has 0 aromatic rings. The van der Waals surface area contributed by atoms with Gasteiger partial charge in [-0.15, -0.1) is 9.24 Å². The maximum absolute atomic E-state index is 8.57. The van der Waals surface area contributed by atoms with Crippen LogP contribution in [0.1, 0.15) is 6.92 Å². The average molecular weight is 128 g/mol. The summed E-state index contributed by atoms with van der Waals surface area (Å²) in [4.78, 5) is 7.10. The van der Waals surface area contributed by atoms with Gasteiger partial charge in [-0.25, -0.2) is 0 Å². The van der Waals surface area contributed by atoms with E-state index in [-0.39, 0.29) is 0 Å². The Morgan fingerprint density at radius 3 is 2.00 bits per heavy atom. The lowest BCUT2D eigenvalue weighted by Gasteiger charge is -1.48. The lowest BCUT2D eigenvalue weighted by molar-refractivity contribution is 0.524. The van der Waals surface area contributed by atoms with Gasteiger partial charge < -0.3 is 4.89 Å². The van der Waals surface area contributed by atoms with Crippen molar-refractivity contribution in [2.45, 2.75) is 6.92 Å². The highest BCUT2D eigenvalue weighted by Crippen LogP contribution is 1.68. The van der Waals surface area contributed by atoms with Crippen molar-refractivity contribution in [3.8, 4) is 0 Å². The predicted molar refractivity (Wildman–Crippen MR) is 32.9 cm³/mol. The van der Waals surface area contributed by atoms with Crippen LogP contribution in [0, 0.1) is 0 Å². The molecule has 2 unspecified atom stereocenters. The van der Waals surface area contributed by atoms with Crippen molar-refractivity contribution in [1.82, 2.24) is 0 Å². The lowest BCUT2D eigenvalue weighted by atomic mass is 11.0. The fourth-order valence-corrected chi connectivity index (χ4v) is 0. The van der Waals surface area contributed by atoms with Crippen molar-refractivity contribution in [2.75, 3.05) is 6.16 Å². The largest absolute Gasteiger partial charge is 0.348 e. The molecule has 0 rings (SSSR count). The van der Waals surface area contributed by atoms with E-state index >= 15 is 0 Å². The average Bonchev–Trinajstić information content (AvgIpc) is 1.39. The second-order valence-electron chi connectivity index (χ2n) is 0.514. The van der Waals surface area contributed by atoms with Gasteiger partial charge in [0.15, 0.2) is 8.69 Å². The highest BCUT2D eigenvalue weighted by molar-refractivity contribution is 7.16. The van der Waals surface area contributed by atoms with Crippen LogP contribution in [0.25, 0.3) is 0 Å². The molecule has 0 radical (unpaired) electrons. The summed E-state index contributed by atoms with van der Waals surface area (Å²) in [6.45, 7) is 2.09. The van der Waals surface area contributed by atoms with E-state index < -0.39 is 8.69 Å². The molecule has 0 aromatic carbocycles. The molecule has 0 aliphatic carbocycles. The minimum Gasteiger partial charge on any atom is -0.348 e. The van der Waals surface area contributed by atoms with Gasteiger partial charge in [-0.05, 0) is 6.16 Å².